The first-order valence-corrected chi connectivity index (χ1v) is 8.58. The number of carbonyl (C=O) groups is 1. The van der Waals surface area contributed by atoms with Crippen LogP contribution < -0.4 is 9.47 Å². The van der Waals surface area contributed by atoms with E-state index in [1.54, 1.807) is 5.01 Å². The fraction of sp³-hybridized carbons (Fsp3) is 0.263. The standard InChI is InChI=1S/C19H17ClN2O3/c1-2-19(23)22-16(12-3-6-14(20)7-4-12)10-15(21-22)13-5-8-17-18(9-13)25-11-24-17/h3-9,16H,2,10-11H2,1H3/t16-/m1/s1. The molecule has 128 valence electrons. The smallest absolute Gasteiger partial charge is 0.242 e. The van der Waals surface area contributed by atoms with Crippen molar-refractivity contribution in [1.82, 2.24) is 5.01 Å². The highest BCUT2D eigenvalue weighted by molar-refractivity contribution is 6.30. The molecule has 0 aromatic heterocycles. The predicted octanol–water partition coefficient (Wildman–Crippen LogP) is 4.16. The molecule has 0 spiro atoms. The highest BCUT2D eigenvalue weighted by Crippen LogP contribution is 2.37. The fourth-order valence-electron chi connectivity index (χ4n) is 3.10. The lowest BCUT2D eigenvalue weighted by molar-refractivity contribution is -0.132. The van der Waals surface area contributed by atoms with Crippen molar-refractivity contribution in [3.05, 3.63) is 58.6 Å². The van der Waals surface area contributed by atoms with E-state index in [4.69, 9.17) is 21.1 Å². The number of halogens is 1. The molecule has 1 atom stereocenters. The zero-order valence-electron chi connectivity index (χ0n) is 13.7. The minimum Gasteiger partial charge on any atom is -0.454 e. The molecule has 5 nitrogen and oxygen atoms in total. The number of fused-ring (bicyclic) bond motifs is 1. The van der Waals surface area contributed by atoms with Gasteiger partial charge in [0.25, 0.3) is 0 Å². The van der Waals surface area contributed by atoms with Crippen LogP contribution in [-0.2, 0) is 4.79 Å². The molecule has 0 aliphatic carbocycles. The molecule has 25 heavy (non-hydrogen) atoms. The summed E-state index contributed by atoms with van der Waals surface area (Å²) in [6.45, 7) is 2.08. The SMILES string of the molecule is CCC(=O)N1N=C(c2ccc3c(c2)OCO3)C[C@@H]1c1ccc(Cl)cc1. The van der Waals surface area contributed by atoms with Crippen LogP contribution in [0.25, 0.3) is 0 Å². The maximum atomic E-state index is 12.4. The van der Waals surface area contributed by atoms with Gasteiger partial charge in [-0.3, -0.25) is 4.79 Å². The van der Waals surface area contributed by atoms with Crippen LogP contribution in [0.5, 0.6) is 11.5 Å². The summed E-state index contributed by atoms with van der Waals surface area (Å²) in [6.07, 6.45) is 1.05. The average Bonchev–Trinajstić information content (AvgIpc) is 3.28. The van der Waals surface area contributed by atoms with E-state index in [9.17, 15) is 4.79 Å². The molecule has 2 heterocycles. The van der Waals surface area contributed by atoms with E-state index in [-0.39, 0.29) is 18.7 Å². The third-order valence-electron chi connectivity index (χ3n) is 4.43. The van der Waals surface area contributed by atoms with Gasteiger partial charge in [-0.05, 0) is 35.9 Å². The Morgan fingerprint density at radius 2 is 1.96 bits per heavy atom. The van der Waals surface area contributed by atoms with Crippen molar-refractivity contribution in [2.75, 3.05) is 6.79 Å². The first kappa shape index (κ1) is 16.0. The van der Waals surface area contributed by atoms with Crippen LogP contribution in [0.4, 0.5) is 0 Å². The Morgan fingerprint density at radius 1 is 1.20 bits per heavy atom. The topological polar surface area (TPSA) is 51.1 Å². The van der Waals surface area contributed by atoms with Gasteiger partial charge in [0.05, 0.1) is 11.8 Å². The summed E-state index contributed by atoms with van der Waals surface area (Å²) in [5.41, 5.74) is 2.82. The molecule has 4 rings (SSSR count). The molecule has 0 fully saturated rings. The molecule has 0 saturated carbocycles. The monoisotopic (exact) mass is 356 g/mol. The summed E-state index contributed by atoms with van der Waals surface area (Å²) in [6, 6.07) is 13.2. The molecule has 2 aromatic rings. The zero-order valence-corrected chi connectivity index (χ0v) is 14.5. The normalized spacial score (nSPS) is 18.4. The number of ether oxygens (including phenoxy) is 2. The lowest BCUT2D eigenvalue weighted by Gasteiger charge is -2.21. The van der Waals surface area contributed by atoms with Gasteiger partial charge in [-0.2, -0.15) is 5.10 Å². The largest absolute Gasteiger partial charge is 0.454 e. The van der Waals surface area contributed by atoms with Gasteiger partial charge in [-0.1, -0.05) is 30.7 Å². The summed E-state index contributed by atoms with van der Waals surface area (Å²) < 4.78 is 10.8. The number of carbonyl (C=O) groups excluding carboxylic acids is 1. The number of nitrogens with zero attached hydrogens (tertiary/aromatic N) is 2. The Morgan fingerprint density at radius 3 is 2.72 bits per heavy atom. The lowest BCUT2D eigenvalue weighted by atomic mass is 9.98. The summed E-state index contributed by atoms with van der Waals surface area (Å²) in [5.74, 6) is 1.44. The number of hydrogen-bond acceptors (Lipinski definition) is 4. The fourth-order valence-corrected chi connectivity index (χ4v) is 3.22. The third-order valence-corrected chi connectivity index (χ3v) is 4.68. The maximum absolute atomic E-state index is 12.4. The van der Waals surface area contributed by atoms with E-state index in [2.05, 4.69) is 5.10 Å². The van der Waals surface area contributed by atoms with E-state index in [1.807, 2.05) is 49.4 Å². The predicted molar refractivity (Wildman–Crippen MR) is 95.0 cm³/mol. The van der Waals surface area contributed by atoms with Crippen molar-refractivity contribution in [2.24, 2.45) is 5.10 Å². The van der Waals surface area contributed by atoms with Gasteiger partial charge in [0, 0.05) is 23.4 Å². The molecule has 6 heteroatoms. The molecule has 2 aromatic carbocycles. The van der Waals surface area contributed by atoms with E-state index in [0.29, 0.717) is 23.6 Å². The van der Waals surface area contributed by atoms with Gasteiger partial charge in [0.15, 0.2) is 11.5 Å². The van der Waals surface area contributed by atoms with E-state index < -0.39 is 0 Å². The zero-order chi connectivity index (χ0) is 17.4. The molecule has 0 N–H and O–H groups in total. The molecular weight excluding hydrogens is 340 g/mol. The molecule has 2 aliphatic heterocycles. The van der Waals surface area contributed by atoms with Crippen LogP contribution in [-0.4, -0.2) is 23.4 Å². The van der Waals surface area contributed by atoms with Crippen molar-refractivity contribution in [1.29, 1.82) is 0 Å². The number of hydrogen-bond donors (Lipinski definition) is 0. The second-order valence-corrected chi connectivity index (χ2v) is 6.41. The van der Waals surface area contributed by atoms with Gasteiger partial charge >= 0.3 is 0 Å². The van der Waals surface area contributed by atoms with Crippen molar-refractivity contribution in [3.63, 3.8) is 0 Å². The van der Waals surface area contributed by atoms with Crippen molar-refractivity contribution in [3.8, 4) is 11.5 Å². The van der Waals surface area contributed by atoms with Gasteiger partial charge in [0.2, 0.25) is 12.7 Å². The molecule has 0 bridgehead atoms. The van der Waals surface area contributed by atoms with Gasteiger partial charge < -0.3 is 9.47 Å². The number of amides is 1. The highest BCUT2D eigenvalue weighted by Gasteiger charge is 2.32. The van der Waals surface area contributed by atoms with Crippen molar-refractivity contribution in [2.45, 2.75) is 25.8 Å². The Bertz CT molecular complexity index is 848. The summed E-state index contributed by atoms with van der Waals surface area (Å²) in [5, 5.41) is 6.87. The maximum Gasteiger partial charge on any atom is 0.242 e. The Balaban J connectivity index is 1.67. The number of hydrazone groups is 1. The number of rotatable bonds is 3. The second-order valence-electron chi connectivity index (χ2n) is 5.98. The summed E-state index contributed by atoms with van der Waals surface area (Å²) in [4.78, 5) is 12.4. The minimum atomic E-state index is -0.120. The van der Waals surface area contributed by atoms with Gasteiger partial charge in [-0.15, -0.1) is 0 Å². The average molecular weight is 357 g/mol. The Kier molecular flexibility index (Phi) is 4.09. The molecule has 0 unspecified atom stereocenters. The number of benzene rings is 2. The van der Waals surface area contributed by atoms with Crippen molar-refractivity contribution >= 4 is 23.2 Å². The minimum absolute atomic E-state index is 0.00399. The van der Waals surface area contributed by atoms with Gasteiger partial charge in [-0.25, -0.2) is 5.01 Å². The Hall–Kier alpha value is -2.53. The molecule has 2 aliphatic rings. The van der Waals surface area contributed by atoms with Crippen LogP contribution in [0.1, 0.15) is 36.9 Å². The van der Waals surface area contributed by atoms with E-state index in [1.165, 1.54) is 0 Å². The van der Waals surface area contributed by atoms with Crippen molar-refractivity contribution < 1.29 is 14.3 Å². The lowest BCUT2D eigenvalue weighted by Crippen LogP contribution is -2.26. The molecule has 1 amide bonds. The first-order chi connectivity index (χ1) is 12.2. The van der Waals surface area contributed by atoms with Crippen LogP contribution >= 0.6 is 11.6 Å². The summed E-state index contributed by atoms with van der Waals surface area (Å²) >= 11 is 5.99. The summed E-state index contributed by atoms with van der Waals surface area (Å²) in [7, 11) is 0. The first-order valence-electron chi connectivity index (χ1n) is 8.20. The van der Waals surface area contributed by atoms with Crippen LogP contribution in [0, 0.1) is 0 Å². The van der Waals surface area contributed by atoms with E-state index >= 15 is 0 Å². The van der Waals surface area contributed by atoms with Crippen LogP contribution in [0.15, 0.2) is 47.6 Å². The second kappa shape index (κ2) is 6.41. The van der Waals surface area contributed by atoms with E-state index in [0.717, 1.165) is 22.6 Å². The third kappa shape index (κ3) is 2.96. The quantitative estimate of drug-likeness (QED) is 0.829. The molecule has 0 saturated heterocycles. The Labute approximate surface area is 150 Å². The van der Waals surface area contributed by atoms with Crippen LogP contribution in [0.3, 0.4) is 0 Å². The molecule has 0 radical (unpaired) electrons. The highest BCUT2D eigenvalue weighted by atomic mass is 35.5. The molecular formula is C19H17ClN2O3. The van der Waals surface area contributed by atoms with Crippen LogP contribution in [0.2, 0.25) is 5.02 Å². The van der Waals surface area contributed by atoms with Gasteiger partial charge in [0.1, 0.15) is 0 Å².